The van der Waals surface area contributed by atoms with Gasteiger partial charge in [0.15, 0.2) is 5.82 Å². The van der Waals surface area contributed by atoms with Crippen LogP contribution in [0.15, 0.2) is 36.7 Å². The number of unbranched alkanes of at least 4 members (excludes halogenated alkanes) is 8. The van der Waals surface area contributed by atoms with E-state index in [4.69, 9.17) is 0 Å². The molecule has 30 heavy (non-hydrogen) atoms. The van der Waals surface area contributed by atoms with Crippen molar-refractivity contribution in [1.29, 1.82) is 0 Å². The summed E-state index contributed by atoms with van der Waals surface area (Å²) in [5.74, 6) is 1.73. The highest BCUT2D eigenvalue weighted by Crippen LogP contribution is 2.18. The molecule has 1 unspecified atom stereocenters. The van der Waals surface area contributed by atoms with E-state index in [9.17, 15) is 0 Å². The molecule has 0 aliphatic heterocycles. The lowest BCUT2D eigenvalue weighted by molar-refractivity contribution is 0.474. The second kappa shape index (κ2) is 15.2. The van der Waals surface area contributed by atoms with Gasteiger partial charge in [0.1, 0.15) is 0 Å². The van der Waals surface area contributed by atoms with Crippen LogP contribution in [0.2, 0.25) is 0 Å². The van der Waals surface area contributed by atoms with Crippen molar-refractivity contribution in [2.75, 3.05) is 0 Å². The average molecular weight is 409 g/mol. The predicted molar refractivity (Wildman–Crippen MR) is 131 cm³/mol. The molecule has 2 rings (SSSR count). The molecule has 2 heteroatoms. The Morgan fingerprint density at radius 1 is 0.667 bits per heavy atom. The fourth-order valence-electron chi connectivity index (χ4n) is 3.94. The van der Waals surface area contributed by atoms with Gasteiger partial charge >= 0.3 is 0 Å². The largest absolute Gasteiger partial charge is 0.236 e. The Morgan fingerprint density at radius 2 is 1.23 bits per heavy atom. The Balaban J connectivity index is 1.67. The van der Waals surface area contributed by atoms with Crippen molar-refractivity contribution in [3.05, 3.63) is 47.8 Å². The zero-order valence-corrected chi connectivity index (χ0v) is 19.8. The molecule has 0 aliphatic carbocycles. The van der Waals surface area contributed by atoms with E-state index in [0.717, 1.165) is 23.7 Å². The summed E-state index contributed by atoms with van der Waals surface area (Å²) in [6.07, 6.45) is 22.4. The molecule has 166 valence electrons. The van der Waals surface area contributed by atoms with Gasteiger partial charge in [-0.3, -0.25) is 0 Å². The molecule has 0 saturated carbocycles. The lowest BCUT2D eigenvalue weighted by atomic mass is 10.00. The first kappa shape index (κ1) is 24.6. The molecule has 0 amide bonds. The topological polar surface area (TPSA) is 25.8 Å². The van der Waals surface area contributed by atoms with Crippen LogP contribution < -0.4 is 0 Å². The summed E-state index contributed by atoms with van der Waals surface area (Å²) < 4.78 is 0. The molecule has 1 atom stereocenters. The summed E-state index contributed by atoms with van der Waals surface area (Å²) >= 11 is 0. The number of nitrogens with zero attached hydrogens (tertiary/aromatic N) is 2. The van der Waals surface area contributed by atoms with Gasteiger partial charge in [0.2, 0.25) is 0 Å². The normalized spacial score (nSPS) is 12.2. The molecule has 0 spiro atoms. The fourth-order valence-corrected chi connectivity index (χ4v) is 3.94. The van der Waals surface area contributed by atoms with Crippen LogP contribution >= 0.6 is 0 Å². The minimum absolute atomic E-state index is 0.846. The molecular formula is C28H44N2. The first-order chi connectivity index (χ1) is 14.7. The molecule has 1 heterocycles. The summed E-state index contributed by atoms with van der Waals surface area (Å²) in [7, 11) is 0. The van der Waals surface area contributed by atoms with E-state index in [0.29, 0.717) is 0 Å². The minimum Gasteiger partial charge on any atom is -0.236 e. The fraction of sp³-hybridized carbons (Fsp3) is 0.643. The third-order valence-corrected chi connectivity index (χ3v) is 6.35. The average Bonchev–Trinajstić information content (AvgIpc) is 2.79. The van der Waals surface area contributed by atoms with Crippen molar-refractivity contribution in [3.8, 4) is 11.4 Å². The van der Waals surface area contributed by atoms with Crippen LogP contribution in [0.4, 0.5) is 0 Å². The Morgan fingerprint density at radius 3 is 1.87 bits per heavy atom. The highest BCUT2D eigenvalue weighted by molar-refractivity contribution is 5.55. The van der Waals surface area contributed by atoms with Gasteiger partial charge in [-0.15, -0.1) is 0 Å². The molecule has 0 fully saturated rings. The zero-order valence-electron chi connectivity index (χ0n) is 19.8. The van der Waals surface area contributed by atoms with E-state index in [1.807, 2.05) is 12.4 Å². The summed E-state index contributed by atoms with van der Waals surface area (Å²) in [6.45, 7) is 6.93. The smallest absolute Gasteiger partial charge is 0.159 e. The Hall–Kier alpha value is -1.70. The van der Waals surface area contributed by atoms with Gasteiger partial charge in [-0.1, -0.05) is 109 Å². The first-order valence-corrected chi connectivity index (χ1v) is 12.6. The molecule has 2 aromatic rings. The van der Waals surface area contributed by atoms with E-state index < -0.39 is 0 Å². The first-order valence-electron chi connectivity index (χ1n) is 12.6. The van der Waals surface area contributed by atoms with E-state index in [1.165, 1.54) is 94.6 Å². The van der Waals surface area contributed by atoms with Gasteiger partial charge in [-0.05, 0) is 42.7 Å². The van der Waals surface area contributed by atoms with Gasteiger partial charge in [-0.25, -0.2) is 9.97 Å². The second-order valence-corrected chi connectivity index (χ2v) is 9.10. The quantitative estimate of drug-likeness (QED) is 0.260. The third-order valence-electron chi connectivity index (χ3n) is 6.35. The summed E-state index contributed by atoms with van der Waals surface area (Å²) in [5, 5.41) is 0. The lowest BCUT2D eigenvalue weighted by Crippen LogP contribution is -1.94. The number of aromatic nitrogens is 2. The van der Waals surface area contributed by atoms with E-state index in [-0.39, 0.29) is 0 Å². The molecule has 0 N–H and O–H groups in total. The van der Waals surface area contributed by atoms with Crippen LogP contribution in [0.1, 0.15) is 109 Å². The summed E-state index contributed by atoms with van der Waals surface area (Å²) in [5.41, 5.74) is 3.82. The SMILES string of the molecule is CCCCCCCCc1ccc(-c2ncc(CCCCCCC(C)CC)cn2)cc1. The van der Waals surface area contributed by atoms with Crippen LogP contribution in [0.5, 0.6) is 0 Å². The molecular weight excluding hydrogens is 364 g/mol. The Labute approximate surface area is 185 Å². The van der Waals surface area contributed by atoms with Gasteiger partial charge in [-0.2, -0.15) is 0 Å². The second-order valence-electron chi connectivity index (χ2n) is 9.10. The Kier molecular flexibility index (Phi) is 12.4. The number of benzene rings is 1. The van der Waals surface area contributed by atoms with Crippen LogP contribution in [-0.4, -0.2) is 9.97 Å². The van der Waals surface area contributed by atoms with Gasteiger partial charge in [0.25, 0.3) is 0 Å². The maximum atomic E-state index is 4.62. The molecule has 0 radical (unpaired) electrons. The van der Waals surface area contributed by atoms with Crippen molar-refractivity contribution in [2.45, 2.75) is 111 Å². The summed E-state index contributed by atoms with van der Waals surface area (Å²) in [4.78, 5) is 9.24. The highest BCUT2D eigenvalue weighted by atomic mass is 14.9. The van der Waals surface area contributed by atoms with E-state index >= 15 is 0 Å². The van der Waals surface area contributed by atoms with Crippen LogP contribution in [0, 0.1) is 5.92 Å². The zero-order chi connectivity index (χ0) is 21.4. The van der Waals surface area contributed by atoms with Crippen molar-refractivity contribution in [1.82, 2.24) is 9.97 Å². The molecule has 0 bridgehead atoms. The van der Waals surface area contributed by atoms with Crippen LogP contribution in [-0.2, 0) is 12.8 Å². The monoisotopic (exact) mass is 408 g/mol. The maximum absolute atomic E-state index is 4.62. The van der Waals surface area contributed by atoms with Gasteiger partial charge in [0.05, 0.1) is 0 Å². The number of aryl methyl sites for hydroxylation is 2. The maximum Gasteiger partial charge on any atom is 0.159 e. The lowest BCUT2D eigenvalue weighted by Gasteiger charge is -2.07. The standard InChI is InChI=1S/C28H44N2/c1-4-6-7-8-9-13-16-25-18-20-27(21-19-25)28-29-22-26(23-30-28)17-14-11-10-12-15-24(3)5-2/h18-24H,4-17H2,1-3H3. The number of hydrogen-bond donors (Lipinski definition) is 0. The third kappa shape index (κ3) is 9.87. The molecule has 2 nitrogen and oxygen atoms in total. The van der Waals surface area contributed by atoms with Gasteiger partial charge in [0, 0.05) is 18.0 Å². The van der Waals surface area contributed by atoms with Crippen molar-refractivity contribution in [3.63, 3.8) is 0 Å². The van der Waals surface area contributed by atoms with E-state index in [1.54, 1.807) is 0 Å². The number of hydrogen-bond acceptors (Lipinski definition) is 2. The molecule has 0 saturated heterocycles. The Bertz CT molecular complexity index is 660. The molecule has 1 aromatic carbocycles. The highest BCUT2D eigenvalue weighted by Gasteiger charge is 2.03. The van der Waals surface area contributed by atoms with Crippen LogP contribution in [0.25, 0.3) is 11.4 Å². The number of rotatable bonds is 16. The van der Waals surface area contributed by atoms with Gasteiger partial charge < -0.3 is 0 Å². The van der Waals surface area contributed by atoms with E-state index in [2.05, 4.69) is 55.0 Å². The molecule has 0 aliphatic rings. The summed E-state index contributed by atoms with van der Waals surface area (Å²) in [6, 6.07) is 8.85. The van der Waals surface area contributed by atoms with Crippen molar-refractivity contribution in [2.24, 2.45) is 5.92 Å². The molecule has 1 aromatic heterocycles. The van der Waals surface area contributed by atoms with Crippen molar-refractivity contribution < 1.29 is 0 Å². The predicted octanol–water partition coefficient (Wildman–Crippen LogP) is 8.59. The van der Waals surface area contributed by atoms with Crippen molar-refractivity contribution >= 4 is 0 Å². The minimum atomic E-state index is 0.846. The van der Waals surface area contributed by atoms with Crippen LogP contribution in [0.3, 0.4) is 0 Å².